The summed E-state index contributed by atoms with van der Waals surface area (Å²) in [5, 5.41) is 7.02. The van der Waals surface area contributed by atoms with Crippen LogP contribution in [0.2, 0.25) is 0 Å². The van der Waals surface area contributed by atoms with Gasteiger partial charge in [-0.1, -0.05) is 18.2 Å². The molecule has 4 aromatic rings. The molecule has 2 aliphatic rings. The summed E-state index contributed by atoms with van der Waals surface area (Å²) < 4.78 is 18.8. The minimum Gasteiger partial charge on any atom is -0.324 e. The zero-order valence-electron chi connectivity index (χ0n) is 19.3. The number of halogens is 1. The van der Waals surface area contributed by atoms with Crippen LogP contribution in [-0.2, 0) is 13.0 Å². The third-order valence-corrected chi connectivity index (χ3v) is 6.71. The SMILES string of the molecule is CC(C)n1c(=O)c2cnc(Nc3ccc4c(c3)CCNC4)nc2n1-c1cccc(C2CC2)c1F. The van der Waals surface area contributed by atoms with E-state index in [4.69, 9.17) is 4.98 Å². The zero-order chi connectivity index (χ0) is 23.4. The first-order chi connectivity index (χ1) is 16.5. The second-order valence-corrected chi connectivity index (χ2v) is 9.48. The molecule has 3 heterocycles. The van der Waals surface area contributed by atoms with Gasteiger partial charge in [-0.15, -0.1) is 0 Å². The quantitative estimate of drug-likeness (QED) is 0.458. The summed E-state index contributed by atoms with van der Waals surface area (Å²) in [7, 11) is 0. The van der Waals surface area contributed by atoms with Crippen LogP contribution in [0.15, 0.2) is 47.4 Å². The van der Waals surface area contributed by atoms with E-state index >= 15 is 4.39 Å². The Kier molecular flexibility index (Phi) is 4.99. The van der Waals surface area contributed by atoms with E-state index in [9.17, 15) is 4.79 Å². The molecule has 0 atom stereocenters. The van der Waals surface area contributed by atoms with Gasteiger partial charge in [0.2, 0.25) is 5.95 Å². The number of fused-ring (bicyclic) bond motifs is 2. The highest BCUT2D eigenvalue weighted by atomic mass is 19.1. The van der Waals surface area contributed by atoms with Crippen LogP contribution >= 0.6 is 0 Å². The van der Waals surface area contributed by atoms with Gasteiger partial charge in [0.1, 0.15) is 11.1 Å². The molecule has 0 bridgehead atoms. The van der Waals surface area contributed by atoms with E-state index in [-0.39, 0.29) is 23.3 Å². The Morgan fingerprint density at radius 3 is 2.82 bits per heavy atom. The van der Waals surface area contributed by atoms with E-state index in [1.165, 1.54) is 17.3 Å². The van der Waals surface area contributed by atoms with Crippen LogP contribution in [0.25, 0.3) is 16.7 Å². The topological polar surface area (TPSA) is 76.8 Å². The monoisotopic (exact) mass is 458 g/mol. The highest BCUT2D eigenvalue weighted by molar-refractivity contribution is 5.77. The maximum absolute atomic E-state index is 15.6. The first-order valence-corrected chi connectivity index (χ1v) is 11.9. The molecule has 2 aromatic carbocycles. The number of nitrogens with one attached hydrogen (secondary N) is 2. The van der Waals surface area contributed by atoms with Crippen molar-refractivity contribution in [3.8, 4) is 5.69 Å². The van der Waals surface area contributed by atoms with Gasteiger partial charge in [-0.25, -0.2) is 18.7 Å². The summed E-state index contributed by atoms with van der Waals surface area (Å²) in [5.41, 5.74) is 4.70. The average molecular weight is 459 g/mol. The third-order valence-electron chi connectivity index (χ3n) is 6.71. The smallest absolute Gasteiger partial charge is 0.278 e. The van der Waals surface area contributed by atoms with Crippen molar-refractivity contribution in [3.05, 3.63) is 75.5 Å². The van der Waals surface area contributed by atoms with Crippen molar-refractivity contribution in [2.45, 2.75) is 51.6 Å². The summed E-state index contributed by atoms with van der Waals surface area (Å²) in [5.74, 6) is 0.342. The molecule has 1 fully saturated rings. The molecule has 0 amide bonds. The normalized spacial score (nSPS) is 15.6. The minimum atomic E-state index is -0.285. The number of nitrogens with zero attached hydrogens (tertiary/aromatic N) is 4. The Bertz CT molecular complexity index is 1470. The lowest BCUT2D eigenvalue weighted by Gasteiger charge is -2.18. The van der Waals surface area contributed by atoms with Crippen LogP contribution in [0.5, 0.6) is 0 Å². The van der Waals surface area contributed by atoms with Gasteiger partial charge in [-0.3, -0.25) is 4.79 Å². The van der Waals surface area contributed by atoms with Gasteiger partial charge in [0.05, 0.1) is 0 Å². The molecule has 174 valence electrons. The molecule has 0 unspecified atom stereocenters. The lowest BCUT2D eigenvalue weighted by Crippen LogP contribution is -2.24. The second kappa shape index (κ2) is 8.06. The molecule has 0 spiro atoms. The predicted molar refractivity (Wildman–Crippen MR) is 131 cm³/mol. The van der Waals surface area contributed by atoms with E-state index in [1.54, 1.807) is 15.4 Å². The summed E-state index contributed by atoms with van der Waals surface area (Å²) in [6.07, 6.45) is 4.50. The van der Waals surface area contributed by atoms with Crippen LogP contribution in [-0.4, -0.2) is 25.9 Å². The number of anilines is 2. The molecular formula is C26H27FN6O. The van der Waals surface area contributed by atoms with E-state index in [1.807, 2.05) is 32.0 Å². The van der Waals surface area contributed by atoms with Crippen molar-refractivity contribution in [1.29, 1.82) is 0 Å². The molecule has 0 radical (unpaired) electrons. The van der Waals surface area contributed by atoms with Crippen LogP contribution in [0.1, 0.15) is 55.3 Å². The van der Waals surface area contributed by atoms with Gasteiger partial charge in [-0.05, 0) is 80.5 Å². The van der Waals surface area contributed by atoms with Crippen molar-refractivity contribution in [2.75, 3.05) is 11.9 Å². The van der Waals surface area contributed by atoms with Gasteiger partial charge in [0.25, 0.3) is 5.56 Å². The Hall–Kier alpha value is -3.52. The lowest BCUT2D eigenvalue weighted by atomic mass is 10.0. The predicted octanol–water partition coefficient (Wildman–Crippen LogP) is 4.57. The Morgan fingerprint density at radius 2 is 2.03 bits per heavy atom. The van der Waals surface area contributed by atoms with Gasteiger partial charge in [0.15, 0.2) is 11.5 Å². The maximum Gasteiger partial charge on any atom is 0.278 e. The molecule has 7 nitrogen and oxygen atoms in total. The molecule has 2 aromatic heterocycles. The number of benzene rings is 2. The van der Waals surface area contributed by atoms with Crippen molar-refractivity contribution >= 4 is 22.7 Å². The minimum absolute atomic E-state index is 0.184. The highest BCUT2D eigenvalue weighted by Gasteiger charge is 2.29. The fourth-order valence-electron chi connectivity index (χ4n) is 4.85. The van der Waals surface area contributed by atoms with Gasteiger partial charge >= 0.3 is 0 Å². The first kappa shape index (κ1) is 21.0. The fraction of sp³-hybridized carbons (Fsp3) is 0.346. The van der Waals surface area contributed by atoms with Crippen molar-refractivity contribution in [2.24, 2.45) is 0 Å². The first-order valence-electron chi connectivity index (χ1n) is 11.9. The van der Waals surface area contributed by atoms with Gasteiger partial charge in [-0.2, -0.15) is 4.98 Å². The number of rotatable bonds is 5. The second-order valence-electron chi connectivity index (χ2n) is 9.48. The molecule has 6 rings (SSSR count). The molecule has 1 aliphatic carbocycles. The van der Waals surface area contributed by atoms with Crippen molar-refractivity contribution in [3.63, 3.8) is 0 Å². The van der Waals surface area contributed by atoms with Crippen LogP contribution in [0.3, 0.4) is 0 Å². The Balaban J connectivity index is 1.48. The largest absolute Gasteiger partial charge is 0.324 e. The fourth-order valence-corrected chi connectivity index (χ4v) is 4.85. The molecule has 34 heavy (non-hydrogen) atoms. The standard InChI is InChI=1S/C26H27FN6O/c1-15(2)32-25(34)21-14-29-26(30-19-9-8-18-13-28-11-10-17(18)12-19)31-24(21)33(32)22-5-3-4-20(23(22)27)16-6-7-16/h3-5,8-9,12,14-16,28H,6-7,10-11,13H2,1-2H3,(H,29,30,31). The Labute approximate surface area is 196 Å². The van der Waals surface area contributed by atoms with Crippen molar-refractivity contribution < 1.29 is 4.39 Å². The molecule has 1 saturated carbocycles. The lowest BCUT2D eigenvalue weighted by molar-refractivity contribution is 0.465. The number of hydrogen-bond acceptors (Lipinski definition) is 5. The third kappa shape index (κ3) is 3.49. The van der Waals surface area contributed by atoms with Gasteiger partial charge in [0, 0.05) is 24.5 Å². The molecule has 8 heteroatoms. The molecule has 1 aliphatic heterocycles. The Morgan fingerprint density at radius 1 is 1.18 bits per heavy atom. The zero-order valence-corrected chi connectivity index (χ0v) is 19.3. The van der Waals surface area contributed by atoms with Gasteiger partial charge < -0.3 is 10.6 Å². The number of aromatic nitrogens is 4. The van der Waals surface area contributed by atoms with E-state index in [2.05, 4.69) is 27.8 Å². The highest BCUT2D eigenvalue weighted by Crippen LogP contribution is 2.42. The summed E-state index contributed by atoms with van der Waals surface area (Å²) in [6, 6.07) is 11.5. The van der Waals surface area contributed by atoms with E-state index in [0.717, 1.165) is 38.0 Å². The van der Waals surface area contributed by atoms with Crippen LogP contribution in [0.4, 0.5) is 16.0 Å². The van der Waals surface area contributed by atoms with E-state index in [0.29, 0.717) is 28.2 Å². The van der Waals surface area contributed by atoms with Crippen LogP contribution < -0.4 is 16.2 Å². The maximum atomic E-state index is 15.6. The number of hydrogen-bond donors (Lipinski definition) is 2. The average Bonchev–Trinajstić information content (AvgIpc) is 3.63. The molecular weight excluding hydrogens is 431 g/mol. The summed E-state index contributed by atoms with van der Waals surface area (Å²) in [4.78, 5) is 22.4. The summed E-state index contributed by atoms with van der Waals surface area (Å²) in [6.45, 7) is 5.65. The van der Waals surface area contributed by atoms with Crippen molar-refractivity contribution in [1.82, 2.24) is 24.6 Å². The molecule has 0 saturated heterocycles. The van der Waals surface area contributed by atoms with E-state index < -0.39 is 0 Å². The molecule has 2 N–H and O–H groups in total. The summed E-state index contributed by atoms with van der Waals surface area (Å²) >= 11 is 0. The van der Waals surface area contributed by atoms with Crippen LogP contribution in [0, 0.1) is 5.82 Å².